The van der Waals surface area contributed by atoms with Crippen LogP contribution in [0.2, 0.25) is 0 Å². The molecule has 3 nitrogen and oxygen atoms in total. The zero-order valence-electron chi connectivity index (χ0n) is 8.70. The van der Waals surface area contributed by atoms with Crippen molar-refractivity contribution in [1.82, 2.24) is 0 Å². The van der Waals surface area contributed by atoms with Gasteiger partial charge in [-0.3, -0.25) is 0 Å². The lowest BCUT2D eigenvalue weighted by atomic mass is 10.2. The van der Waals surface area contributed by atoms with Crippen molar-refractivity contribution in [2.24, 2.45) is 18.5 Å². The zero-order valence-corrected chi connectivity index (χ0v) is 8.70. The third-order valence-electron chi connectivity index (χ3n) is 2.09. The molecule has 88 valence electrons. The summed E-state index contributed by atoms with van der Waals surface area (Å²) in [4.78, 5) is 0. The number of aryl methyl sites for hydroxylation is 1. The molecule has 4 N–H and O–H groups in total. The van der Waals surface area contributed by atoms with Crippen molar-refractivity contribution in [2.75, 3.05) is 0 Å². The number of hydrogen-bond donors (Lipinski definition) is 2. The van der Waals surface area contributed by atoms with Gasteiger partial charge in [0.05, 0.1) is 0 Å². The molecule has 0 saturated heterocycles. The molecule has 0 aliphatic carbocycles. The minimum Gasteiger partial charge on any atom is -0.394 e. The smallest absolute Gasteiger partial charge is 0.394 e. The molecule has 0 aliphatic rings. The predicted molar refractivity (Wildman–Crippen MR) is 53.8 cm³/mol. The van der Waals surface area contributed by atoms with Crippen LogP contribution in [0, 0.1) is 0 Å². The van der Waals surface area contributed by atoms with Crippen LogP contribution in [0.15, 0.2) is 30.5 Å². The molecule has 0 fully saturated rings. The molecule has 0 radical (unpaired) electrons. The van der Waals surface area contributed by atoms with Gasteiger partial charge in [-0.1, -0.05) is 0 Å². The first-order chi connectivity index (χ1) is 7.32. The first-order valence-corrected chi connectivity index (χ1v) is 4.57. The number of nitrogens with two attached hydrogens (primary N) is 2. The van der Waals surface area contributed by atoms with Crippen LogP contribution < -0.4 is 16.0 Å². The topological polar surface area (TPSA) is 55.9 Å². The first kappa shape index (κ1) is 12.5. The fourth-order valence-corrected chi connectivity index (χ4v) is 1.20. The standard InChI is InChI=1S/C10H13F3N3/c1-16-5-3-2-4-8(16)7(14)6-9(15)10(11,12)13/h2-6,9H,14-15H2,1H3/q+1/b7-6-. The van der Waals surface area contributed by atoms with E-state index in [2.05, 4.69) is 0 Å². The highest BCUT2D eigenvalue weighted by atomic mass is 19.4. The van der Waals surface area contributed by atoms with Gasteiger partial charge in [-0.05, 0) is 12.1 Å². The lowest BCUT2D eigenvalue weighted by molar-refractivity contribution is -0.673. The maximum absolute atomic E-state index is 12.2. The Morgan fingerprint density at radius 3 is 2.56 bits per heavy atom. The van der Waals surface area contributed by atoms with Crippen molar-refractivity contribution < 1.29 is 17.7 Å². The molecule has 0 bridgehead atoms. The Morgan fingerprint density at radius 2 is 2.06 bits per heavy atom. The van der Waals surface area contributed by atoms with Gasteiger partial charge in [-0.25, -0.2) is 0 Å². The zero-order chi connectivity index (χ0) is 12.3. The van der Waals surface area contributed by atoms with Crippen molar-refractivity contribution in [1.29, 1.82) is 0 Å². The van der Waals surface area contributed by atoms with E-state index in [1.807, 2.05) is 0 Å². The van der Waals surface area contributed by atoms with Gasteiger partial charge in [-0.15, -0.1) is 0 Å². The summed E-state index contributed by atoms with van der Waals surface area (Å²) in [7, 11) is 1.69. The summed E-state index contributed by atoms with van der Waals surface area (Å²) >= 11 is 0. The Balaban J connectivity index is 2.99. The molecule has 6 heteroatoms. The molecule has 1 unspecified atom stereocenters. The molecule has 1 rings (SSSR count). The second kappa shape index (κ2) is 4.52. The molecule has 0 aromatic carbocycles. The first-order valence-electron chi connectivity index (χ1n) is 4.57. The lowest BCUT2D eigenvalue weighted by Gasteiger charge is -2.11. The molecule has 1 atom stereocenters. The summed E-state index contributed by atoms with van der Waals surface area (Å²) in [5, 5.41) is 0. The highest BCUT2D eigenvalue weighted by Gasteiger charge is 2.35. The van der Waals surface area contributed by atoms with Gasteiger partial charge < -0.3 is 11.5 Å². The fraction of sp³-hybridized carbons (Fsp3) is 0.300. The minimum atomic E-state index is -4.47. The Bertz CT molecular complexity index is 399. The number of halogens is 3. The molecule has 0 saturated carbocycles. The summed E-state index contributed by atoms with van der Waals surface area (Å²) < 4.78 is 38.2. The number of nitrogens with zero attached hydrogens (tertiary/aromatic N) is 1. The van der Waals surface area contributed by atoms with Gasteiger partial charge in [0, 0.05) is 12.1 Å². The number of pyridine rings is 1. The maximum Gasteiger partial charge on any atom is 0.407 e. The fourth-order valence-electron chi connectivity index (χ4n) is 1.20. The van der Waals surface area contributed by atoms with Crippen molar-refractivity contribution in [3.05, 3.63) is 36.2 Å². The van der Waals surface area contributed by atoms with E-state index in [0.29, 0.717) is 5.69 Å². The van der Waals surface area contributed by atoms with Gasteiger partial charge in [0.2, 0.25) is 5.69 Å². The largest absolute Gasteiger partial charge is 0.407 e. The molecule has 1 aromatic rings. The van der Waals surface area contributed by atoms with E-state index in [0.717, 1.165) is 6.08 Å². The normalized spacial score (nSPS) is 14.9. The molecule has 1 aromatic heterocycles. The second-order valence-electron chi connectivity index (χ2n) is 3.39. The minimum absolute atomic E-state index is 0.00734. The van der Waals surface area contributed by atoms with Crippen LogP contribution in [-0.2, 0) is 7.05 Å². The van der Waals surface area contributed by atoms with Crippen LogP contribution in [0.5, 0.6) is 0 Å². The predicted octanol–water partition coefficient (Wildman–Crippen LogP) is 0.700. The molecule has 16 heavy (non-hydrogen) atoms. The van der Waals surface area contributed by atoms with E-state index in [-0.39, 0.29) is 5.70 Å². The quantitative estimate of drug-likeness (QED) is 0.737. The Kier molecular flexibility index (Phi) is 3.54. The van der Waals surface area contributed by atoms with Crippen molar-refractivity contribution in [2.45, 2.75) is 12.2 Å². The third-order valence-corrected chi connectivity index (χ3v) is 2.09. The van der Waals surface area contributed by atoms with Crippen molar-refractivity contribution in [3.63, 3.8) is 0 Å². The molecule has 1 heterocycles. The van der Waals surface area contributed by atoms with Crippen LogP contribution in [0.25, 0.3) is 5.70 Å². The second-order valence-corrected chi connectivity index (χ2v) is 3.39. The maximum atomic E-state index is 12.2. The summed E-state index contributed by atoms with van der Waals surface area (Å²) in [5.41, 5.74) is 11.0. The Labute approximate surface area is 91.2 Å². The van der Waals surface area contributed by atoms with Crippen LogP contribution in [0.4, 0.5) is 13.2 Å². The lowest BCUT2D eigenvalue weighted by Crippen LogP contribution is -2.38. The van der Waals surface area contributed by atoms with Crippen molar-refractivity contribution in [3.8, 4) is 0 Å². The number of rotatable bonds is 2. The van der Waals surface area contributed by atoms with Gasteiger partial charge in [0.15, 0.2) is 6.20 Å². The van der Waals surface area contributed by atoms with Crippen molar-refractivity contribution >= 4 is 5.70 Å². The Morgan fingerprint density at radius 1 is 1.44 bits per heavy atom. The number of aromatic nitrogens is 1. The highest BCUT2D eigenvalue weighted by molar-refractivity contribution is 5.57. The van der Waals surface area contributed by atoms with E-state index in [4.69, 9.17) is 11.5 Å². The summed E-state index contributed by atoms with van der Waals surface area (Å²) in [6.07, 6.45) is -1.98. The van der Waals surface area contributed by atoms with Crippen LogP contribution in [0.3, 0.4) is 0 Å². The Hall–Kier alpha value is -1.56. The molecular weight excluding hydrogens is 219 g/mol. The van der Waals surface area contributed by atoms with E-state index < -0.39 is 12.2 Å². The third kappa shape index (κ3) is 2.96. The SMILES string of the molecule is C[n+]1ccccc1/C(N)=C/C(N)C(F)(F)F. The summed E-state index contributed by atoms with van der Waals surface area (Å²) in [5.74, 6) is 0. The van der Waals surface area contributed by atoms with Gasteiger partial charge in [0.1, 0.15) is 18.8 Å². The number of alkyl halides is 3. The van der Waals surface area contributed by atoms with Gasteiger partial charge in [0.25, 0.3) is 0 Å². The van der Waals surface area contributed by atoms with Crippen LogP contribution in [-0.4, -0.2) is 12.2 Å². The average Bonchev–Trinajstić information content (AvgIpc) is 2.16. The number of hydrogen-bond acceptors (Lipinski definition) is 2. The van der Waals surface area contributed by atoms with E-state index in [1.165, 1.54) is 0 Å². The molecule has 0 spiro atoms. The van der Waals surface area contributed by atoms with E-state index in [9.17, 15) is 13.2 Å². The van der Waals surface area contributed by atoms with E-state index >= 15 is 0 Å². The molecule has 0 amide bonds. The van der Waals surface area contributed by atoms with Crippen LogP contribution >= 0.6 is 0 Å². The average molecular weight is 232 g/mol. The van der Waals surface area contributed by atoms with Gasteiger partial charge >= 0.3 is 6.18 Å². The monoisotopic (exact) mass is 232 g/mol. The molecular formula is C10H13F3N3+. The van der Waals surface area contributed by atoms with E-state index in [1.54, 1.807) is 36.0 Å². The summed E-state index contributed by atoms with van der Waals surface area (Å²) in [6.45, 7) is 0. The summed E-state index contributed by atoms with van der Waals surface area (Å²) in [6, 6.07) is 3.01. The van der Waals surface area contributed by atoms with Crippen LogP contribution in [0.1, 0.15) is 5.69 Å². The highest BCUT2D eigenvalue weighted by Crippen LogP contribution is 2.20. The molecule has 0 aliphatic heterocycles. The van der Waals surface area contributed by atoms with Gasteiger partial charge in [-0.2, -0.15) is 17.7 Å².